The van der Waals surface area contributed by atoms with E-state index in [-0.39, 0.29) is 10.6 Å². The van der Waals surface area contributed by atoms with Gasteiger partial charge in [0.05, 0.1) is 0 Å². The number of aryl methyl sites for hydroxylation is 1. The Bertz CT molecular complexity index is 452. The second kappa shape index (κ2) is 5.79. The van der Waals surface area contributed by atoms with Crippen molar-refractivity contribution in [2.45, 2.75) is 12.8 Å². The van der Waals surface area contributed by atoms with Gasteiger partial charge in [0.15, 0.2) is 0 Å². The van der Waals surface area contributed by atoms with Gasteiger partial charge in [0, 0.05) is 25.4 Å². The van der Waals surface area contributed by atoms with Crippen molar-refractivity contribution >= 4 is 29.2 Å². The predicted molar refractivity (Wildman–Crippen MR) is 65.2 cm³/mol. The van der Waals surface area contributed by atoms with E-state index in [0.717, 1.165) is 18.7 Å². The molecule has 0 unspecified atom stereocenters. The zero-order valence-electron chi connectivity index (χ0n) is 8.82. The van der Waals surface area contributed by atoms with E-state index in [4.69, 9.17) is 23.2 Å². The summed E-state index contributed by atoms with van der Waals surface area (Å²) >= 11 is 11.3. The number of hydrogen-bond donors (Lipinski definition) is 2. The SMILES string of the molecule is Clc1nc(Cl)nc(NCCCc2ncc[nH]2)n1. The Morgan fingerprint density at radius 2 is 1.94 bits per heavy atom. The van der Waals surface area contributed by atoms with E-state index in [0.29, 0.717) is 12.5 Å². The molecular weight excluding hydrogens is 263 g/mol. The Morgan fingerprint density at radius 3 is 2.59 bits per heavy atom. The average Bonchev–Trinajstić information content (AvgIpc) is 2.76. The second-order valence-electron chi connectivity index (χ2n) is 3.26. The van der Waals surface area contributed by atoms with Crippen LogP contribution < -0.4 is 5.32 Å². The molecule has 0 saturated heterocycles. The van der Waals surface area contributed by atoms with Gasteiger partial charge in [-0.25, -0.2) is 4.98 Å². The molecule has 2 aromatic rings. The molecule has 0 bridgehead atoms. The third-order valence-corrected chi connectivity index (χ3v) is 2.35. The zero-order chi connectivity index (χ0) is 12.1. The molecule has 0 atom stereocenters. The van der Waals surface area contributed by atoms with Gasteiger partial charge in [-0.3, -0.25) is 0 Å². The summed E-state index contributed by atoms with van der Waals surface area (Å²) in [6.45, 7) is 0.706. The quantitative estimate of drug-likeness (QED) is 0.814. The van der Waals surface area contributed by atoms with E-state index >= 15 is 0 Å². The predicted octanol–water partition coefficient (Wildman–Crippen LogP) is 1.95. The smallest absolute Gasteiger partial charge is 0.228 e. The molecule has 0 amide bonds. The topological polar surface area (TPSA) is 79.4 Å². The highest BCUT2D eigenvalue weighted by Gasteiger charge is 2.02. The first-order valence-electron chi connectivity index (χ1n) is 5.03. The molecule has 0 spiro atoms. The van der Waals surface area contributed by atoms with Crippen LogP contribution in [0.1, 0.15) is 12.2 Å². The van der Waals surface area contributed by atoms with Crippen LogP contribution in [0.2, 0.25) is 10.6 Å². The summed E-state index contributed by atoms with van der Waals surface area (Å²) < 4.78 is 0. The molecule has 90 valence electrons. The van der Waals surface area contributed by atoms with Crippen LogP contribution in [-0.2, 0) is 6.42 Å². The van der Waals surface area contributed by atoms with Crippen LogP contribution in [-0.4, -0.2) is 31.5 Å². The molecule has 0 saturated carbocycles. The van der Waals surface area contributed by atoms with Crippen LogP contribution in [0.3, 0.4) is 0 Å². The standard InChI is InChI=1S/C9H10Cl2N6/c10-7-15-8(11)17-9(16-7)14-3-1-2-6-12-4-5-13-6/h4-5H,1-3H2,(H,12,13)(H,14,15,16,17). The molecule has 0 aromatic carbocycles. The molecule has 6 nitrogen and oxygen atoms in total. The van der Waals surface area contributed by atoms with Crippen LogP contribution >= 0.6 is 23.2 Å². The Morgan fingerprint density at radius 1 is 1.18 bits per heavy atom. The van der Waals surface area contributed by atoms with E-state index in [9.17, 15) is 0 Å². The van der Waals surface area contributed by atoms with E-state index in [1.165, 1.54) is 0 Å². The fourth-order valence-electron chi connectivity index (χ4n) is 1.30. The molecule has 17 heavy (non-hydrogen) atoms. The highest BCUT2D eigenvalue weighted by Crippen LogP contribution is 2.09. The Balaban J connectivity index is 1.78. The Hall–Kier alpha value is -1.40. The van der Waals surface area contributed by atoms with Gasteiger partial charge in [-0.15, -0.1) is 0 Å². The number of hydrogen-bond acceptors (Lipinski definition) is 5. The van der Waals surface area contributed by atoms with E-state index in [2.05, 4.69) is 30.2 Å². The minimum atomic E-state index is 0.0820. The lowest BCUT2D eigenvalue weighted by Gasteiger charge is -2.03. The van der Waals surface area contributed by atoms with Gasteiger partial charge in [-0.1, -0.05) is 0 Å². The van der Waals surface area contributed by atoms with Crippen molar-refractivity contribution in [2.75, 3.05) is 11.9 Å². The van der Waals surface area contributed by atoms with Crippen molar-refractivity contribution in [1.82, 2.24) is 24.9 Å². The van der Waals surface area contributed by atoms with Crippen molar-refractivity contribution in [2.24, 2.45) is 0 Å². The number of H-pyrrole nitrogens is 1. The molecule has 0 fully saturated rings. The molecule has 2 rings (SSSR count). The first kappa shape index (κ1) is 12.1. The second-order valence-corrected chi connectivity index (χ2v) is 3.94. The number of halogens is 2. The van der Waals surface area contributed by atoms with Crippen molar-refractivity contribution in [1.29, 1.82) is 0 Å². The summed E-state index contributed by atoms with van der Waals surface area (Å²) in [5, 5.41) is 3.18. The van der Waals surface area contributed by atoms with Crippen LogP contribution in [0.15, 0.2) is 12.4 Å². The van der Waals surface area contributed by atoms with Gasteiger partial charge in [0.2, 0.25) is 16.5 Å². The number of imidazole rings is 1. The molecule has 2 heterocycles. The lowest BCUT2D eigenvalue weighted by Crippen LogP contribution is -2.07. The number of aromatic nitrogens is 5. The van der Waals surface area contributed by atoms with Crippen molar-refractivity contribution in [3.05, 3.63) is 28.8 Å². The number of aromatic amines is 1. The largest absolute Gasteiger partial charge is 0.354 e. The molecule has 0 aliphatic carbocycles. The molecule has 8 heteroatoms. The Labute approximate surface area is 108 Å². The summed E-state index contributed by atoms with van der Waals surface area (Å²) in [5.41, 5.74) is 0. The lowest BCUT2D eigenvalue weighted by atomic mass is 10.3. The van der Waals surface area contributed by atoms with E-state index in [1.807, 2.05) is 0 Å². The highest BCUT2D eigenvalue weighted by molar-refractivity contribution is 6.31. The monoisotopic (exact) mass is 272 g/mol. The van der Waals surface area contributed by atoms with Gasteiger partial charge in [-0.05, 0) is 29.6 Å². The summed E-state index contributed by atoms with van der Waals surface area (Å²) in [6, 6.07) is 0. The van der Waals surface area contributed by atoms with E-state index < -0.39 is 0 Å². The first-order chi connectivity index (χ1) is 8.24. The van der Waals surface area contributed by atoms with Crippen molar-refractivity contribution in [3.63, 3.8) is 0 Å². The van der Waals surface area contributed by atoms with Gasteiger partial charge in [-0.2, -0.15) is 15.0 Å². The number of rotatable bonds is 5. The minimum absolute atomic E-state index is 0.0820. The first-order valence-corrected chi connectivity index (χ1v) is 5.79. The summed E-state index contributed by atoms with van der Waals surface area (Å²) in [6.07, 6.45) is 5.28. The van der Waals surface area contributed by atoms with Crippen LogP contribution in [0.25, 0.3) is 0 Å². The van der Waals surface area contributed by atoms with Crippen LogP contribution in [0.4, 0.5) is 5.95 Å². The Kier molecular flexibility index (Phi) is 4.11. The zero-order valence-corrected chi connectivity index (χ0v) is 10.3. The van der Waals surface area contributed by atoms with Crippen LogP contribution in [0.5, 0.6) is 0 Å². The third-order valence-electron chi connectivity index (χ3n) is 2.01. The highest BCUT2D eigenvalue weighted by atomic mass is 35.5. The maximum Gasteiger partial charge on any atom is 0.228 e. The normalized spacial score (nSPS) is 10.5. The molecule has 2 aromatic heterocycles. The fraction of sp³-hybridized carbons (Fsp3) is 0.333. The summed E-state index contributed by atoms with van der Waals surface area (Å²) in [5.74, 6) is 1.34. The molecule has 0 aliphatic heterocycles. The van der Waals surface area contributed by atoms with Gasteiger partial charge in [0.25, 0.3) is 0 Å². The van der Waals surface area contributed by atoms with Gasteiger partial charge < -0.3 is 10.3 Å². The maximum atomic E-state index is 5.64. The summed E-state index contributed by atoms with van der Waals surface area (Å²) in [7, 11) is 0. The minimum Gasteiger partial charge on any atom is -0.354 e. The molecule has 0 aliphatic rings. The average molecular weight is 273 g/mol. The lowest BCUT2D eigenvalue weighted by molar-refractivity contribution is 0.808. The number of nitrogens with zero attached hydrogens (tertiary/aromatic N) is 4. The summed E-state index contributed by atoms with van der Waals surface area (Å²) in [4.78, 5) is 18.6. The number of nitrogens with one attached hydrogen (secondary N) is 2. The van der Waals surface area contributed by atoms with Gasteiger partial charge in [0.1, 0.15) is 5.82 Å². The van der Waals surface area contributed by atoms with E-state index in [1.54, 1.807) is 12.4 Å². The van der Waals surface area contributed by atoms with Crippen LogP contribution in [0, 0.1) is 0 Å². The molecule has 2 N–H and O–H groups in total. The molecular formula is C9H10Cl2N6. The maximum absolute atomic E-state index is 5.64. The number of anilines is 1. The van der Waals surface area contributed by atoms with Gasteiger partial charge >= 0.3 is 0 Å². The third kappa shape index (κ3) is 3.83. The molecule has 0 radical (unpaired) electrons. The fourth-order valence-corrected chi connectivity index (χ4v) is 1.66. The van der Waals surface area contributed by atoms with Crippen molar-refractivity contribution < 1.29 is 0 Å². The van der Waals surface area contributed by atoms with Crippen molar-refractivity contribution in [3.8, 4) is 0 Å².